The van der Waals surface area contributed by atoms with Crippen LogP contribution in [0.4, 0.5) is 10.6 Å². The van der Waals surface area contributed by atoms with Crippen LogP contribution in [0.5, 0.6) is 0 Å². The summed E-state index contributed by atoms with van der Waals surface area (Å²) in [6.07, 6.45) is -0.860. The molecule has 16 heteroatoms. The maximum absolute atomic E-state index is 12.7. The fraction of sp³-hybridized carbons (Fsp3) is 0.552. The summed E-state index contributed by atoms with van der Waals surface area (Å²) >= 11 is 0. The second-order valence-electron chi connectivity index (χ2n) is 11.8. The van der Waals surface area contributed by atoms with Gasteiger partial charge in [-0.2, -0.15) is 0 Å². The number of alkyl carbamates (subject to hydrolysis) is 1. The van der Waals surface area contributed by atoms with E-state index < -0.39 is 78.5 Å². The minimum atomic E-state index is -1.89. The van der Waals surface area contributed by atoms with Gasteiger partial charge in [-0.3, -0.25) is 24.5 Å². The first kappa shape index (κ1) is 33.3. The van der Waals surface area contributed by atoms with Crippen molar-refractivity contribution in [2.45, 2.75) is 72.5 Å². The average molecular weight is 632 g/mol. The molecule has 1 unspecified atom stereocenters. The molecular formula is C29H37N5O11. The number of aromatic nitrogens is 3. The molecule has 4 atom stereocenters. The van der Waals surface area contributed by atoms with E-state index in [4.69, 9.17) is 23.7 Å². The number of nitrogens with zero attached hydrogens (tertiary/aromatic N) is 3. The van der Waals surface area contributed by atoms with Crippen molar-refractivity contribution >= 4 is 52.5 Å². The maximum atomic E-state index is 12.7. The Balaban J connectivity index is 1.70. The number of ether oxygens (including phenoxy) is 5. The first-order valence-corrected chi connectivity index (χ1v) is 14.4. The smallest absolute Gasteiger partial charge is 0.414 e. The van der Waals surface area contributed by atoms with Crippen LogP contribution in [0.25, 0.3) is 16.7 Å². The van der Waals surface area contributed by atoms with Crippen molar-refractivity contribution in [3.05, 3.63) is 24.2 Å². The van der Waals surface area contributed by atoms with Gasteiger partial charge >= 0.3 is 24.0 Å². The fourth-order valence-electron chi connectivity index (χ4n) is 4.63. The molecule has 2 aliphatic rings. The minimum Gasteiger partial charge on any atom is -0.463 e. The molecule has 45 heavy (non-hydrogen) atoms. The van der Waals surface area contributed by atoms with Crippen LogP contribution in [0.3, 0.4) is 0 Å². The number of esters is 3. The number of carbonyl (C=O) groups is 5. The van der Waals surface area contributed by atoms with Gasteiger partial charge in [-0.05, 0) is 6.92 Å². The molecule has 16 nitrogen and oxygen atoms in total. The van der Waals surface area contributed by atoms with Gasteiger partial charge in [0.1, 0.15) is 36.1 Å². The van der Waals surface area contributed by atoms with Crippen molar-refractivity contribution in [1.82, 2.24) is 19.9 Å². The van der Waals surface area contributed by atoms with Crippen LogP contribution < -0.4 is 10.6 Å². The lowest BCUT2D eigenvalue weighted by molar-refractivity contribution is -0.169. The van der Waals surface area contributed by atoms with E-state index in [9.17, 15) is 29.1 Å². The van der Waals surface area contributed by atoms with Gasteiger partial charge in [0, 0.05) is 17.8 Å². The van der Waals surface area contributed by atoms with Crippen molar-refractivity contribution in [3.8, 4) is 0 Å². The molecule has 0 saturated carbocycles. The topological polar surface area (TPSA) is 206 Å². The molecule has 0 spiro atoms. The SMILES string of the molecule is CC(C)C(=O)OCOC(=O)NC1=CC(=O)Nc2ncnc3c2c1cn3[C@@H]1O[C@H](COC(=O)C(C)C)[C@@H](OC(=O)C(C)C)C1(C)O. The minimum absolute atomic E-state index is 0.0205. The number of rotatable bonds is 10. The highest BCUT2D eigenvalue weighted by molar-refractivity contribution is 6.14. The molecule has 4 rings (SSSR count). The van der Waals surface area contributed by atoms with Crippen LogP contribution in [0.2, 0.25) is 0 Å². The molecular weight excluding hydrogens is 594 g/mol. The molecule has 2 aliphatic heterocycles. The molecule has 1 fully saturated rings. The molecule has 1 saturated heterocycles. The summed E-state index contributed by atoms with van der Waals surface area (Å²) in [6.45, 7) is 10.3. The van der Waals surface area contributed by atoms with E-state index in [1.165, 1.54) is 24.0 Å². The van der Waals surface area contributed by atoms with Gasteiger partial charge in [-0.25, -0.2) is 14.8 Å². The number of amides is 2. The Morgan fingerprint density at radius 1 is 1.02 bits per heavy atom. The zero-order chi connectivity index (χ0) is 33.2. The highest BCUT2D eigenvalue weighted by Gasteiger charge is 2.57. The standard InChI is InChI=1S/C29H37N5O11/c1-13(2)24(36)41-10-18-21(45-26(38)15(5)6)29(7,40)27(44-18)34-9-16-17(32-28(39)43-12-42-25(37)14(3)4)8-19(35)33-22-20(16)23(34)31-11-30-22/h8-9,11,13-15,18,21,27,40H,10,12H2,1-7H3,(H,32,39)(H,30,31,33,35)/t18-,21-,27-,29?/m1/s1. The summed E-state index contributed by atoms with van der Waals surface area (Å²) in [7, 11) is 0. The third kappa shape index (κ3) is 7.06. The summed E-state index contributed by atoms with van der Waals surface area (Å²) < 4.78 is 28.5. The normalized spacial score (nSPS) is 22.6. The van der Waals surface area contributed by atoms with Crippen LogP contribution >= 0.6 is 0 Å². The van der Waals surface area contributed by atoms with E-state index in [0.717, 1.165) is 6.08 Å². The van der Waals surface area contributed by atoms with Gasteiger partial charge in [0.15, 0.2) is 12.3 Å². The van der Waals surface area contributed by atoms with Gasteiger partial charge in [0.05, 0.1) is 28.8 Å². The van der Waals surface area contributed by atoms with E-state index in [-0.39, 0.29) is 34.7 Å². The summed E-state index contributed by atoms with van der Waals surface area (Å²) in [5.74, 6) is -3.58. The molecule has 2 amide bonds. The maximum Gasteiger partial charge on any atom is 0.414 e. The highest BCUT2D eigenvalue weighted by atomic mass is 16.7. The van der Waals surface area contributed by atoms with Crippen LogP contribution in [0.15, 0.2) is 18.6 Å². The molecule has 0 aliphatic carbocycles. The van der Waals surface area contributed by atoms with Crippen molar-refractivity contribution in [3.63, 3.8) is 0 Å². The lowest BCUT2D eigenvalue weighted by Crippen LogP contribution is -2.48. The third-order valence-corrected chi connectivity index (χ3v) is 7.06. The van der Waals surface area contributed by atoms with E-state index >= 15 is 0 Å². The quantitative estimate of drug-likeness (QED) is 0.195. The summed E-state index contributed by atoms with van der Waals surface area (Å²) in [4.78, 5) is 70.3. The largest absolute Gasteiger partial charge is 0.463 e. The lowest BCUT2D eigenvalue weighted by Gasteiger charge is -2.30. The van der Waals surface area contributed by atoms with Crippen LogP contribution in [-0.2, 0) is 42.9 Å². The first-order chi connectivity index (χ1) is 21.1. The van der Waals surface area contributed by atoms with Crippen LogP contribution in [0, 0.1) is 17.8 Å². The van der Waals surface area contributed by atoms with E-state index in [1.54, 1.807) is 41.5 Å². The number of hydrogen-bond donors (Lipinski definition) is 3. The van der Waals surface area contributed by atoms with Gasteiger partial charge in [0.2, 0.25) is 6.79 Å². The first-order valence-electron chi connectivity index (χ1n) is 14.4. The van der Waals surface area contributed by atoms with Crippen LogP contribution in [0.1, 0.15) is 60.3 Å². The zero-order valence-electron chi connectivity index (χ0n) is 26.0. The van der Waals surface area contributed by atoms with E-state index in [0.29, 0.717) is 0 Å². The second kappa shape index (κ2) is 13.2. The number of hydrogen-bond acceptors (Lipinski definition) is 13. The van der Waals surface area contributed by atoms with Gasteiger partial charge in [-0.15, -0.1) is 0 Å². The lowest BCUT2D eigenvalue weighted by atomic mass is 9.96. The van der Waals surface area contributed by atoms with Gasteiger partial charge < -0.3 is 38.7 Å². The molecule has 3 N–H and O–H groups in total. The molecule has 0 aromatic carbocycles. The number of anilines is 1. The summed E-state index contributed by atoms with van der Waals surface area (Å²) in [5, 5.41) is 17.2. The van der Waals surface area contributed by atoms with Crippen molar-refractivity contribution < 1.29 is 52.8 Å². The highest BCUT2D eigenvalue weighted by Crippen LogP contribution is 2.44. The Labute approximate surface area is 258 Å². The third-order valence-electron chi connectivity index (χ3n) is 7.06. The van der Waals surface area contributed by atoms with Crippen LogP contribution in [-0.4, -0.2) is 80.8 Å². The Morgan fingerprint density at radius 3 is 2.31 bits per heavy atom. The van der Waals surface area contributed by atoms with Gasteiger partial charge in [-0.1, -0.05) is 41.5 Å². The van der Waals surface area contributed by atoms with Crippen molar-refractivity contribution in [2.24, 2.45) is 17.8 Å². The Kier molecular flexibility index (Phi) is 9.77. The second-order valence-corrected chi connectivity index (χ2v) is 11.8. The predicted octanol–water partition coefficient (Wildman–Crippen LogP) is 2.02. The summed E-state index contributed by atoms with van der Waals surface area (Å²) in [6, 6.07) is 0. The molecule has 2 aromatic rings. The number of nitrogens with one attached hydrogen (secondary N) is 2. The summed E-state index contributed by atoms with van der Waals surface area (Å²) in [5.41, 5.74) is -1.48. The molecule has 4 heterocycles. The molecule has 244 valence electrons. The molecule has 0 radical (unpaired) electrons. The fourth-order valence-corrected chi connectivity index (χ4v) is 4.63. The average Bonchev–Trinajstić information content (AvgIpc) is 3.41. The van der Waals surface area contributed by atoms with Crippen molar-refractivity contribution in [1.29, 1.82) is 0 Å². The molecule has 2 aromatic heterocycles. The Bertz CT molecular complexity index is 1530. The zero-order valence-corrected chi connectivity index (χ0v) is 26.0. The number of carbonyl (C=O) groups excluding carboxylic acids is 5. The van der Waals surface area contributed by atoms with E-state index in [2.05, 4.69) is 20.6 Å². The monoisotopic (exact) mass is 631 g/mol. The Morgan fingerprint density at radius 2 is 1.67 bits per heavy atom. The number of aliphatic hydroxyl groups is 1. The van der Waals surface area contributed by atoms with Gasteiger partial charge in [0.25, 0.3) is 5.91 Å². The molecule has 0 bridgehead atoms. The predicted molar refractivity (Wildman–Crippen MR) is 155 cm³/mol. The van der Waals surface area contributed by atoms with Crippen molar-refractivity contribution in [2.75, 3.05) is 18.7 Å². The van der Waals surface area contributed by atoms with E-state index in [1.807, 2.05) is 0 Å². The Hall–Kier alpha value is -4.57.